The van der Waals surface area contributed by atoms with Gasteiger partial charge in [-0.1, -0.05) is 24.8 Å². The van der Waals surface area contributed by atoms with Crippen molar-refractivity contribution in [3.8, 4) is 11.5 Å². The molecule has 2 aliphatic rings. The van der Waals surface area contributed by atoms with Crippen LogP contribution in [-0.4, -0.2) is 5.79 Å². The summed E-state index contributed by atoms with van der Waals surface area (Å²) in [6.07, 6.45) is 6.23. The highest BCUT2D eigenvalue weighted by molar-refractivity contribution is 5.88. The molecule has 1 spiro atoms. The molecule has 0 aromatic heterocycles. The molecule has 1 aliphatic carbocycles. The summed E-state index contributed by atoms with van der Waals surface area (Å²) < 4.78 is 12.2. The molecule has 0 radical (unpaired) electrons. The van der Waals surface area contributed by atoms with Gasteiger partial charge in [-0.2, -0.15) is 0 Å². The van der Waals surface area contributed by atoms with E-state index in [2.05, 4.69) is 36.9 Å². The van der Waals surface area contributed by atoms with Crippen LogP contribution >= 0.6 is 0 Å². The summed E-state index contributed by atoms with van der Waals surface area (Å²) >= 11 is 0. The van der Waals surface area contributed by atoms with E-state index >= 15 is 0 Å². The van der Waals surface area contributed by atoms with Gasteiger partial charge in [0.05, 0.1) is 0 Å². The van der Waals surface area contributed by atoms with Gasteiger partial charge in [0.15, 0.2) is 11.5 Å². The zero-order chi connectivity index (χ0) is 12.9. The van der Waals surface area contributed by atoms with E-state index in [0.29, 0.717) is 0 Å². The summed E-state index contributed by atoms with van der Waals surface area (Å²) in [4.78, 5) is 0. The number of fused-ring (bicyclic) bond motifs is 2. The average molecular weight is 252 g/mol. The Balaban J connectivity index is 1.82. The first-order valence-corrected chi connectivity index (χ1v) is 6.86. The lowest BCUT2D eigenvalue weighted by Gasteiger charge is -2.21. The lowest BCUT2D eigenvalue weighted by molar-refractivity contribution is -0.0716. The van der Waals surface area contributed by atoms with E-state index in [1.54, 1.807) is 0 Å². The smallest absolute Gasteiger partial charge is 0.251 e. The third-order valence-electron chi connectivity index (χ3n) is 4.12. The van der Waals surface area contributed by atoms with Gasteiger partial charge in [0.25, 0.3) is 5.79 Å². The first-order chi connectivity index (χ1) is 9.28. The molecule has 1 aliphatic heterocycles. The van der Waals surface area contributed by atoms with Gasteiger partial charge in [0.2, 0.25) is 0 Å². The van der Waals surface area contributed by atoms with E-state index in [1.165, 1.54) is 23.6 Å². The quantitative estimate of drug-likeness (QED) is 0.742. The molecule has 0 atom stereocenters. The van der Waals surface area contributed by atoms with Crippen LogP contribution in [0.25, 0.3) is 16.8 Å². The van der Waals surface area contributed by atoms with E-state index in [1.807, 2.05) is 6.08 Å². The fourth-order valence-corrected chi connectivity index (χ4v) is 3.10. The second kappa shape index (κ2) is 3.77. The SMILES string of the molecule is C=Cc1ccc2cc3c(cc2c1)OC1(CCCC1)O3. The van der Waals surface area contributed by atoms with Crippen LogP contribution < -0.4 is 9.47 Å². The lowest BCUT2D eigenvalue weighted by atomic mass is 10.1. The van der Waals surface area contributed by atoms with Gasteiger partial charge in [-0.15, -0.1) is 0 Å². The Kier molecular flexibility index (Phi) is 2.16. The molecule has 2 heteroatoms. The number of hydrogen-bond donors (Lipinski definition) is 0. The molecular weight excluding hydrogens is 236 g/mol. The van der Waals surface area contributed by atoms with Crippen molar-refractivity contribution in [2.75, 3.05) is 0 Å². The Morgan fingerprint density at radius 2 is 1.63 bits per heavy atom. The van der Waals surface area contributed by atoms with Crippen molar-refractivity contribution in [3.63, 3.8) is 0 Å². The van der Waals surface area contributed by atoms with Gasteiger partial charge in [-0.3, -0.25) is 0 Å². The molecule has 1 saturated carbocycles. The largest absolute Gasteiger partial charge is 0.448 e. The third-order valence-corrected chi connectivity index (χ3v) is 4.12. The van der Waals surface area contributed by atoms with Crippen molar-refractivity contribution in [1.29, 1.82) is 0 Å². The minimum Gasteiger partial charge on any atom is -0.448 e. The first-order valence-electron chi connectivity index (χ1n) is 6.86. The van der Waals surface area contributed by atoms with Gasteiger partial charge in [0, 0.05) is 12.8 Å². The molecule has 0 unspecified atom stereocenters. The van der Waals surface area contributed by atoms with Crippen LogP contribution in [0.3, 0.4) is 0 Å². The van der Waals surface area contributed by atoms with E-state index in [4.69, 9.17) is 9.47 Å². The summed E-state index contributed by atoms with van der Waals surface area (Å²) in [6, 6.07) is 10.5. The van der Waals surface area contributed by atoms with Crippen LogP contribution in [-0.2, 0) is 0 Å². The van der Waals surface area contributed by atoms with Gasteiger partial charge in [0.1, 0.15) is 0 Å². The number of rotatable bonds is 1. The molecule has 2 aromatic rings. The molecule has 1 fully saturated rings. The Morgan fingerprint density at radius 1 is 0.947 bits per heavy atom. The van der Waals surface area contributed by atoms with Crippen molar-refractivity contribution in [2.45, 2.75) is 31.5 Å². The maximum Gasteiger partial charge on any atom is 0.251 e. The second-order valence-electron chi connectivity index (χ2n) is 5.43. The van der Waals surface area contributed by atoms with E-state index < -0.39 is 0 Å². The molecule has 1 heterocycles. The van der Waals surface area contributed by atoms with Crippen LogP contribution in [0.1, 0.15) is 31.2 Å². The molecule has 0 amide bonds. The fourth-order valence-electron chi connectivity index (χ4n) is 3.10. The summed E-state index contributed by atoms with van der Waals surface area (Å²) in [6.45, 7) is 3.81. The molecule has 19 heavy (non-hydrogen) atoms. The Morgan fingerprint density at radius 3 is 2.32 bits per heavy atom. The normalized spacial score (nSPS) is 19.2. The Labute approximate surface area is 112 Å². The molecule has 0 N–H and O–H groups in total. The van der Waals surface area contributed by atoms with Crippen LogP contribution in [0.5, 0.6) is 11.5 Å². The van der Waals surface area contributed by atoms with Crippen molar-refractivity contribution in [1.82, 2.24) is 0 Å². The molecule has 0 saturated heterocycles. The second-order valence-corrected chi connectivity index (χ2v) is 5.43. The summed E-state index contributed by atoms with van der Waals surface area (Å²) in [5.74, 6) is 1.40. The predicted octanol–water partition coefficient (Wildman–Crippen LogP) is 4.52. The summed E-state index contributed by atoms with van der Waals surface area (Å²) in [7, 11) is 0. The van der Waals surface area contributed by atoms with E-state index in [9.17, 15) is 0 Å². The molecule has 96 valence electrons. The topological polar surface area (TPSA) is 18.5 Å². The van der Waals surface area contributed by atoms with Crippen molar-refractivity contribution >= 4 is 16.8 Å². The Bertz CT molecular complexity index is 666. The number of ether oxygens (including phenoxy) is 2. The van der Waals surface area contributed by atoms with Gasteiger partial charge in [-0.05, 0) is 47.4 Å². The lowest BCUT2D eigenvalue weighted by Crippen LogP contribution is -2.34. The molecule has 2 aromatic carbocycles. The highest BCUT2D eigenvalue weighted by atomic mass is 16.7. The average Bonchev–Trinajstić information content (AvgIpc) is 3.01. The standard InChI is InChI=1S/C17H16O2/c1-2-12-5-6-13-10-15-16(11-14(13)9-12)19-17(18-15)7-3-4-8-17/h2,5-6,9-11H,1,3-4,7-8H2. The Hall–Kier alpha value is -1.96. The van der Waals surface area contributed by atoms with Crippen molar-refractivity contribution in [3.05, 3.63) is 42.5 Å². The van der Waals surface area contributed by atoms with Crippen LogP contribution in [0, 0.1) is 0 Å². The van der Waals surface area contributed by atoms with Crippen molar-refractivity contribution < 1.29 is 9.47 Å². The monoisotopic (exact) mass is 252 g/mol. The minimum absolute atomic E-state index is 0.374. The summed E-state index contributed by atoms with van der Waals surface area (Å²) in [5, 5.41) is 2.36. The maximum atomic E-state index is 6.09. The first kappa shape index (κ1) is 10.9. The maximum absolute atomic E-state index is 6.09. The minimum atomic E-state index is -0.374. The van der Waals surface area contributed by atoms with Crippen LogP contribution in [0.2, 0.25) is 0 Å². The zero-order valence-corrected chi connectivity index (χ0v) is 10.8. The number of benzene rings is 2. The fraction of sp³-hybridized carbons (Fsp3) is 0.294. The molecule has 0 bridgehead atoms. The number of hydrogen-bond acceptors (Lipinski definition) is 2. The predicted molar refractivity (Wildman–Crippen MR) is 76.5 cm³/mol. The van der Waals surface area contributed by atoms with E-state index in [0.717, 1.165) is 29.9 Å². The van der Waals surface area contributed by atoms with Gasteiger partial charge < -0.3 is 9.47 Å². The van der Waals surface area contributed by atoms with Crippen LogP contribution in [0.4, 0.5) is 0 Å². The molecular formula is C17H16O2. The highest BCUT2D eigenvalue weighted by Gasteiger charge is 2.44. The molecule has 4 rings (SSSR count). The van der Waals surface area contributed by atoms with Crippen LogP contribution in [0.15, 0.2) is 36.9 Å². The third kappa shape index (κ3) is 1.63. The summed E-state index contributed by atoms with van der Waals surface area (Å²) in [5.41, 5.74) is 1.13. The van der Waals surface area contributed by atoms with Gasteiger partial charge >= 0.3 is 0 Å². The van der Waals surface area contributed by atoms with Gasteiger partial charge in [-0.25, -0.2) is 0 Å². The zero-order valence-electron chi connectivity index (χ0n) is 10.8. The highest BCUT2D eigenvalue weighted by Crippen LogP contribution is 2.47. The van der Waals surface area contributed by atoms with E-state index in [-0.39, 0.29) is 5.79 Å². The van der Waals surface area contributed by atoms with Crippen molar-refractivity contribution in [2.24, 2.45) is 0 Å². The molecule has 2 nitrogen and oxygen atoms in total.